The number of benzene rings is 4. The lowest BCUT2D eigenvalue weighted by Crippen LogP contribution is -2.29. The topological polar surface area (TPSA) is 70.0 Å². The van der Waals surface area contributed by atoms with Gasteiger partial charge in [-0.05, 0) is 85.6 Å². The van der Waals surface area contributed by atoms with Crippen molar-refractivity contribution in [2.75, 3.05) is 27.2 Å². The van der Waals surface area contributed by atoms with Crippen molar-refractivity contribution in [2.24, 2.45) is 0 Å². The molecule has 0 aliphatic rings. The molecule has 0 aromatic heterocycles. The number of aliphatic hydroxyl groups is 1. The first-order chi connectivity index (χ1) is 18.3. The minimum atomic E-state index is -1.05. The van der Waals surface area contributed by atoms with Gasteiger partial charge >= 0.3 is 5.97 Å². The zero-order valence-corrected chi connectivity index (χ0v) is 22.0. The Morgan fingerprint density at radius 2 is 1.45 bits per heavy atom. The van der Waals surface area contributed by atoms with Gasteiger partial charge in [-0.2, -0.15) is 0 Å². The molecule has 38 heavy (non-hydrogen) atoms. The molecule has 2 N–H and O–H groups in total. The van der Waals surface area contributed by atoms with E-state index < -0.39 is 11.6 Å². The Labute approximate surface area is 225 Å². The fourth-order valence-corrected chi connectivity index (χ4v) is 4.64. The molecule has 0 bridgehead atoms. The van der Waals surface area contributed by atoms with Crippen LogP contribution in [0.25, 0.3) is 11.1 Å². The standard InChI is InChI=1S/C33H35NO4/c1-34(2)22-7-21-33(37,29-9-4-3-5-10-29)30-11-6-8-25(24-30)20-23-38-31-18-16-27(17-19-31)26-12-14-28(15-13-26)32(35)36/h3-6,8-19,24,37H,7,20-23H2,1-2H3,(H,35,36)/t33-/m0/s1. The summed E-state index contributed by atoms with van der Waals surface area (Å²) < 4.78 is 6.01. The van der Waals surface area contributed by atoms with Crippen LogP contribution >= 0.6 is 0 Å². The highest BCUT2D eigenvalue weighted by Gasteiger charge is 2.31. The molecule has 4 rings (SSSR count). The fraction of sp³-hybridized carbons (Fsp3) is 0.242. The van der Waals surface area contributed by atoms with E-state index >= 15 is 0 Å². The Morgan fingerprint density at radius 1 is 0.816 bits per heavy atom. The smallest absolute Gasteiger partial charge is 0.335 e. The maximum absolute atomic E-state index is 11.9. The average Bonchev–Trinajstić information content (AvgIpc) is 2.94. The molecule has 0 aliphatic carbocycles. The summed E-state index contributed by atoms with van der Waals surface area (Å²) in [6.07, 6.45) is 2.24. The van der Waals surface area contributed by atoms with Crippen molar-refractivity contribution in [3.8, 4) is 16.9 Å². The van der Waals surface area contributed by atoms with E-state index in [0.717, 1.165) is 53.0 Å². The second-order valence-electron chi connectivity index (χ2n) is 9.84. The molecule has 0 spiro atoms. The van der Waals surface area contributed by atoms with Crippen LogP contribution in [-0.2, 0) is 12.0 Å². The van der Waals surface area contributed by atoms with Gasteiger partial charge in [-0.25, -0.2) is 4.79 Å². The van der Waals surface area contributed by atoms with E-state index in [1.165, 1.54) is 0 Å². The Hall–Kier alpha value is -3.93. The molecule has 0 saturated carbocycles. The summed E-state index contributed by atoms with van der Waals surface area (Å²) in [6, 6.07) is 32.7. The molecular weight excluding hydrogens is 474 g/mol. The zero-order valence-electron chi connectivity index (χ0n) is 22.0. The van der Waals surface area contributed by atoms with Crippen LogP contribution < -0.4 is 4.74 Å². The SMILES string of the molecule is CN(C)CCC[C@](O)(c1ccccc1)c1cccc(CCOc2ccc(-c3ccc(C(=O)O)cc3)cc2)c1. The van der Waals surface area contributed by atoms with Crippen LogP contribution in [0.1, 0.15) is 39.9 Å². The quantitative estimate of drug-likeness (QED) is 0.236. The van der Waals surface area contributed by atoms with Crippen molar-refractivity contribution in [3.05, 3.63) is 125 Å². The van der Waals surface area contributed by atoms with E-state index in [0.29, 0.717) is 13.0 Å². The summed E-state index contributed by atoms with van der Waals surface area (Å²) in [4.78, 5) is 13.2. The third-order valence-electron chi connectivity index (χ3n) is 6.78. The van der Waals surface area contributed by atoms with E-state index in [1.807, 2.05) is 93.0 Å². The normalized spacial score (nSPS) is 12.7. The monoisotopic (exact) mass is 509 g/mol. The predicted octanol–water partition coefficient (Wildman–Crippen LogP) is 6.25. The van der Waals surface area contributed by atoms with Crippen molar-refractivity contribution in [3.63, 3.8) is 0 Å². The predicted molar refractivity (Wildman–Crippen MR) is 152 cm³/mol. The van der Waals surface area contributed by atoms with Crippen LogP contribution in [0.15, 0.2) is 103 Å². The largest absolute Gasteiger partial charge is 0.493 e. The maximum Gasteiger partial charge on any atom is 0.335 e. The third-order valence-corrected chi connectivity index (χ3v) is 6.78. The van der Waals surface area contributed by atoms with Crippen molar-refractivity contribution < 1.29 is 19.7 Å². The van der Waals surface area contributed by atoms with E-state index in [-0.39, 0.29) is 5.56 Å². The first kappa shape index (κ1) is 27.1. The Morgan fingerprint density at radius 3 is 2.08 bits per heavy atom. The van der Waals surface area contributed by atoms with E-state index in [1.54, 1.807) is 12.1 Å². The van der Waals surface area contributed by atoms with Crippen LogP contribution in [0.2, 0.25) is 0 Å². The van der Waals surface area contributed by atoms with Crippen molar-refractivity contribution in [1.82, 2.24) is 4.90 Å². The minimum Gasteiger partial charge on any atom is -0.493 e. The number of aromatic carboxylic acids is 1. The van der Waals surface area contributed by atoms with E-state index in [2.05, 4.69) is 17.0 Å². The van der Waals surface area contributed by atoms with E-state index in [4.69, 9.17) is 9.84 Å². The van der Waals surface area contributed by atoms with Gasteiger partial charge in [0.15, 0.2) is 0 Å². The van der Waals surface area contributed by atoms with Crippen LogP contribution in [0, 0.1) is 0 Å². The molecule has 0 unspecified atom stereocenters. The van der Waals surface area contributed by atoms with Gasteiger partial charge in [0.05, 0.1) is 12.2 Å². The molecule has 0 saturated heterocycles. The van der Waals surface area contributed by atoms with Crippen molar-refractivity contribution in [2.45, 2.75) is 24.9 Å². The van der Waals surface area contributed by atoms with Crippen molar-refractivity contribution >= 4 is 5.97 Å². The molecule has 4 aromatic rings. The molecule has 5 heteroatoms. The van der Waals surface area contributed by atoms with Crippen LogP contribution in [0.5, 0.6) is 5.75 Å². The maximum atomic E-state index is 11.9. The lowest BCUT2D eigenvalue weighted by Gasteiger charge is -2.30. The Bertz CT molecular complexity index is 1320. The van der Waals surface area contributed by atoms with Gasteiger partial charge < -0.3 is 19.8 Å². The molecule has 1 atom stereocenters. The zero-order chi connectivity index (χ0) is 27.0. The molecule has 0 amide bonds. The highest BCUT2D eigenvalue weighted by atomic mass is 16.5. The number of carbonyl (C=O) groups is 1. The molecule has 196 valence electrons. The summed E-state index contributed by atoms with van der Waals surface area (Å²) in [5.74, 6) is -0.156. The average molecular weight is 510 g/mol. The highest BCUT2D eigenvalue weighted by molar-refractivity contribution is 5.88. The third kappa shape index (κ3) is 6.88. The number of nitrogens with zero attached hydrogens (tertiary/aromatic N) is 1. The molecule has 5 nitrogen and oxygen atoms in total. The molecular formula is C33H35NO4. The van der Waals surface area contributed by atoms with Crippen LogP contribution in [0.3, 0.4) is 0 Å². The first-order valence-electron chi connectivity index (χ1n) is 12.9. The molecule has 4 aromatic carbocycles. The Kier molecular flexibility index (Phi) is 8.95. The minimum absolute atomic E-state index is 0.272. The lowest BCUT2D eigenvalue weighted by atomic mass is 9.82. The number of hydrogen-bond donors (Lipinski definition) is 2. The molecule has 0 fully saturated rings. The van der Waals surface area contributed by atoms with Crippen LogP contribution in [-0.4, -0.2) is 48.3 Å². The summed E-state index contributed by atoms with van der Waals surface area (Å²) in [6.45, 7) is 1.43. The number of carboxylic acids is 1. The molecule has 0 aliphatic heterocycles. The lowest BCUT2D eigenvalue weighted by molar-refractivity contribution is 0.0663. The van der Waals surface area contributed by atoms with Gasteiger partial charge in [0.25, 0.3) is 0 Å². The highest BCUT2D eigenvalue weighted by Crippen LogP contribution is 2.34. The number of rotatable bonds is 12. The van der Waals surface area contributed by atoms with E-state index in [9.17, 15) is 9.90 Å². The summed E-state index contributed by atoms with van der Waals surface area (Å²) in [5.41, 5.74) is 4.09. The van der Waals surface area contributed by atoms with Gasteiger partial charge in [0.2, 0.25) is 0 Å². The van der Waals surface area contributed by atoms with Gasteiger partial charge in [-0.1, -0.05) is 78.9 Å². The van der Waals surface area contributed by atoms with Gasteiger partial charge in [-0.3, -0.25) is 0 Å². The fourth-order valence-electron chi connectivity index (χ4n) is 4.64. The van der Waals surface area contributed by atoms with Crippen molar-refractivity contribution in [1.29, 1.82) is 0 Å². The van der Waals surface area contributed by atoms with Gasteiger partial charge in [0.1, 0.15) is 11.4 Å². The van der Waals surface area contributed by atoms with Crippen LogP contribution in [0.4, 0.5) is 0 Å². The number of hydrogen-bond acceptors (Lipinski definition) is 4. The van der Waals surface area contributed by atoms with Gasteiger partial charge in [-0.15, -0.1) is 0 Å². The number of carboxylic acid groups (broad SMARTS) is 1. The molecule has 0 radical (unpaired) electrons. The summed E-state index contributed by atoms with van der Waals surface area (Å²) in [5, 5.41) is 21.0. The number of ether oxygens (including phenoxy) is 1. The van der Waals surface area contributed by atoms with Gasteiger partial charge in [0, 0.05) is 6.42 Å². The summed E-state index contributed by atoms with van der Waals surface area (Å²) in [7, 11) is 4.10. The first-order valence-corrected chi connectivity index (χ1v) is 12.9. The second-order valence-corrected chi connectivity index (χ2v) is 9.84. The second kappa shape index (κ2) is 12.5. The summed E-state index contributed by atoms with van der Waals surface area (Å²) >= 11 is 0. The Balaban J connectivity index is 1.40. The molecule has 0 heterocycles.